The van der Waals surface area contributed by atoms with Crippen LogP contribution < -0.4 is 10.2 Å². The van der Waals surface area contributed by atoms with E-state index in [-0.39, 0.29) is 17.9 Å². The highest BCUT2D eigenvalue weighted by Gasteiger charge is 2.33. The second-order valence-corrected chi connectivity index (χ2v) is 5.92. The van der Waals surface area contributed by atoms with E-state index in [1.54, 1.807) is 22.7 Å². The zero-order valence-electron chi connectivity index (χ0n) is 13.5. The van der Waals surface area contributed by atoms with E-state index in [0.29, 0.717) is 25.2 Å². The van der Waals surface area contributed by atoms with Gasteiger partial charge in [0.05, 0.1) is 6.33 Å². The number of aromatic nitrogens is 4. The summed E-state index contributed by atoms with van der Waals surface area (Å²) in [7, 11) is 1.76. The molecule has 0 saturated carbocycles. The molecule has 2 aromatic heterocycles. The van der Waals surface area contributed by atoms with Crippen molar-refractivity contribution in [1.82, 2.24) is 24.8 Å². The fourth-order valence-electron chi connectivity index (χ4n) is 2.72. The molecule has 2 aromatic rings. The number of carbonyl (C=O) groups excluding carboxylic acids is 1. The van der Waals surface area contributed by atoms with E-state index in [1.165, 1.54) is 6.33 Å². The van der Waals surface area contributed by atoms with Crippen LogP contribution in [-0.2, 0) is 13.2 Å². The number of halogens is 3. The lowest BCUT2D eigenvalue weighted by molar-refractivity contribution is -0.141. The number of nitrogens with one attached hydrogen (secondary N) is 1. The number of anilines is 1. The Hall–Kier alpha value is -2.65. The van der Waals surface area contributed by atoms with E-state index in [0.717, 1.165) is 18.7 Å². The second kappa shape index (κ2) is 6.69. The molecule has 0 spiro atoms. The van der Waals surface area contributed by atoms with Crippen LogP contribution in [0.5, 0.6) is 0 Å². The van der Waals surface area contributed by atoms with Gasteiger partial charge in [-0.05, 0) is 18.9 Å². The van der Waals surface area contributed by atoms with Gasteiger partial charge >= 0.3 is 6.18 Å². The molecule has 7 nitrogen and oxygen atoms in total. The van der Waals surface area contributed by atoms with E-state index in [4.69, 9.17) is 0 Å². The van der Waals surface area contributed by atoms with Crippen LogP contribution in [0, 0.1) is 0 Å². The molecular weight excluding hydrogens is 337 g/mol. The van der Waals surface area contributed by atoms with Crippen LogP contribution in [0.25, 0.3) is 0 Å². The smallest absolute Gasteiger partial charge is 0.346 e. The number of piperidine rings is 1. The van der Waals surface area contributed by atoms with Gasteiger partial charge in [-0.15, -0.1) is 0 Å². The van der Waals surface area contributed by atoms with Crippen molar-refractivity contribution < 1.29 is 18.0 Å². The molecule has 0 aliphatic carbocycles. The summed E-state index contributed by atoms with van der Waals surface area (Å²) in [6.07, 6.45) is 1.16. The number of imidazole rings is 1. The second-order valence-electron chi connectivity index (χ2n) is 5.92. The highest BCUT2D eigenvalue weighted by molar-refractivity contribution is 5.92. The lowest BCUT2D eigenvalue weighted by Gasteiger charge is -2.33. The SMILES string of the molecule is Cn1cnc(C(=O)NC2CCCN(c3nccc(C(F)(F)F)n3)C2)c1. The zero-order valence-corrected chi connectivity index (χ0v) is 13.5. The maximum atomic E-state index is 12.8. The van der Waals surface area contributed by atoms with Gasteiger partial charge in [-0.1, -0.05) is 0 Å². The largest absolute Gasteiger partial charge is 0.433 e. The van der Waals surface area contributed by atoms with Crippen LogP contribution in [0.4, 0.5) is 19.1 Å². The molecule has 1 aliphatic heterocycles. The molecule has 1 aliphatic rings. The van der Waals surface area contributed by atoms with Crippen molar-refractivity contribution in [3.63, 3.8) is 0 Å². The number of nitrogens with zero attached hydrogens (tertiary/aromatic N) is 5. The summed E-state index contributed by atoms with van der Waals surface area (Å²) in [5.74, 6) is -0.288. The molecule has 10 heteroatoms. The van der Waals surface area contributed by atoms with E-state index in [1.807, 2.05) is 0 Å². The lowest BCUT2D eigenvalue weighted by Crippen LogP contribution is -2.48. The first kappa shape index (κ1) is 17.2. The van der Waals surface area contributed by atoms with Crippen molar-refractivity contribution in [2.24, 2.45) is 7.05 Å². The molecular formula is C15H17F3N6O. The minimum atomic E-state index is -4.51. The number of hydrogen-bond donors (Lipinski definition) is 1. The summed E-state index contributed by atoms with van der Waals surface area (Å²) in [5, 5.41) is 2.86. The quantitative estimate of drug-likeness (QED) is 0.907. The highest BCUT2D eigenvalue weighted by atomic mass is 19.4. The minimum absolute atomic E-state index is 0.0200. The van der Waals surface area contributed by atoms with Gasteiger partial charge in [0.2, 0.25) is 5.95 Å². The molecule has 1 amide bonds. The van der Waals surface area contributed by atoms with Crippen molar-refractivity contribution in [3.05, 3.63) is 36.2 Å². The molecule has 3 rings (SSSR count). The van der Waals surface area contributed by atoms with Crippen molar-refractivity contribution in [3.8, 4) is 0 Å². The van der Waals surface area contributed by atoms with Gasteiger partial charge in [0.15, 0.2) is 0 Å². The third kappa shape index (κ3) is 4.06. The Bertz CT molecular complexity index is 760. The average Bonchev–Trinajstić information content (AvgIpc) is 3.01. The normalized spacial score (nSPS) is 18.2. The zero-order chi connectivity index (χ0) is 18.0. The van der Waals surface area contributed by atoms with Crippen LogP contribution in [0.3, 0.4) is 0 Å². The fraction of sp³-hybridized carbons (Fsp3) is 0.467. The molecule has 3 heterocycles. The monoisotopic (exact) mass is 354 g/mol. The summed E-state index contributed by atoms with van der Waals surface area (Å²) < 4.78 is 40.1. The first-order valence-electron chi connectivity index (χ1n) is 7.77. The maximum Gasteiger partial charge on any atom is 0.433 e. The first-order valence-corrected chi connectivity index (χ1v) is 7.77. The molecule has 1 saturated heterocycles. The molecule has 0 radical (unpaired) electrons. The summed E-state index contributed by atoms with van der Waals surface area (Å²) in [5.41, 5.74) is -0.674. The third-order valence-corrected chi connectivity index (χ3v) is 3.91. The van der Waals surface area contributed by atoms with Crippen LogP contribution in [0.15, 0.2) is 24.8 Å². The van der Waals surface area contributed by atoms with Crippen molar-refractivity contribution >= 4 is 11.9 Å². The molecule has 1 fully saturated rings. The van der Waals surface area contributed by atoms with Crippen LogP contribution in [0.2, 0.25) is 0 Å². The van der Waals surface area contributed by atoms with Gasteiger partial charge in [-0.2, -0.15) is 13.2 Å². The number of amides is 1. The number of aryl methyl sites for hydroxylation is 1. The Morgan fingerprint density at radius 3 is 2.84 bits per heavy atom. The Labute approximate surface area is 141 Å². The van der Waals surface area contributed by atoms with Crippen molar-refractivity contribution in [2.75, 3.05) is 18.0 Å². The maximum absolute atomic E-state index is 12.8. The molecule has 1 atom stereocenters. The minimum Gasteiger partial charge on any atom is -0.346 e. The number of rotatable bonds is 3. The topological polar surface area (TPSA) is 75.9 Å². The summed E-state index contributed by atoms with van der Waals surface area (Å²) in [6.45, 7) is 0.886. The predicted octanol–water partition coefficient (Wildman–Crippen LogP) is 1.63. The summed E-state index contributed by atoms with van der Waals surface area (Å²) >= 11 is 0. The van der Waals surface area contributed by atoms with E-state index in [2.05, 4.69) is 20.3 Å². The molecule has 25 heavy (non-hydrogen) atoms. The number of hydrogen-bond acceptors (Lipinski definition) is 5. The molecule has 134 valence electrons. The van der Waals surface area contributed by atoms with E-state index >= 15 is 0 Å². The van der Waals surface area contributed by atoms with Gasteiger partial charge in [0.25, 0.3) is 5.91 Å². The summed E-state index contributed by atoms with van der Waals surface area (Å²) in [4.78, 5) is 25.4. The van der Waals surface area contributed by atoms with Gasteiger partial charge < -0.3 is 14.8 Å². The Kier molecular flexibility index (Phi) is 4.60. The van der Waals surface area contributed by atoms with Crippen molar-refractivity contribution in [1.29, 1.82) is 0 Å². The Balaban J connectivity index is 1.68. The summed E-state index contributed by atoms with van der Waals surface area (Å²) in [6, 6.07) is 0.634. The predicted molar refractivity (Wildman–Crippen MR) is 82.9 cm³/mol. The standard InChI is InChI=1S/C15H17F3N6O/c1-23-8-11(20-9-23)13(25)21-10-3-2-6-24(7-10)14-19-5-4-12(22-14)15(16,17)18/h4-5,8-10H,2-3,6-7H2,1H3,(H,21,25). The molecule has 0 aromatic carbocycles. The fourth-order valence-corrected chi connectivity index (χ4v) is 2.72. The Morgan fingerprint density at radius 1 is 1.36 bits per heavy atom. The third-order valence-electron chi connectivity index (χ3n) is 3.91. The average molecular weight is 354 g/mol. The Morgan fingerprint density at radius 2 is 2.16 bits per heavy atom. The molecule has 1 N–H and O–H groups in total. The van der Waals surface area contributed by atoms with E-state index < -0.39 is 11.9 Å². The van der Waals surface area contributed by atoms with Gasteiger partial charge in [0, 0.05) is 38.6 Å². The van der Waals surface area contributed by atoms with Gasteiger partial charge in [-0.3, -0.25) is 4.79 Å². The van der Waals surface area contributed by atoms with Crippen LogP contribution in [0.1, 0.15) is 29.0 Å². The van der Waals surface area contributed by atoms with Crippen LogP contribution >= 0.6 is 0 Å². The number of alkyl halides is 3. The molecule has 1 unspecified atom stereocenters. The number of carbonyl (C=O) groups is 1. The first-order chi connectivity index (χ1) is 11.8. The van der Waals surface area contributed by atoms with Crippen LogP contribution in [-0.4, -0.2) is 44.6 Å². The van der Waals surface area contributed by atoms with Gasteiger partial charge in [-0.25, -0.2) is 15.0 Å². The van der Waals surface area contributed by atoms with E-state index in [9.17, 15) is 18.0 Å². The lowest BCUT2D eigenvalue weighted by atomic mass is 10.1. The van der Waals surface area contributed by atoms with Gasteiger partial charge in [0.1, 0.15) is 11.4 Å². The van der Waals surface area contributed by atoms with Crippen molar-refractivity contribution in [2.45, 2.75) is 25.1 Å². The highest BCUT2D eigenvalue weighted by Crippen LogP contribution is 2.28. The molecule has 0 bridgehead atoms.